The number of nitrogens with zero attached hydrogens (tertiary/aromatic N) is 2. The van der Waals surface area contributed by atoms with Crippen LogP contribution in [0, 0.1) is 13.8 Å². The number of aromatic nitrogens is 2. The van der Waals surface area contributed by atoms with Crippen LogP contribution in [-0.4, -0.2) is 28.5 Å². The number of amides is 2. The van der Waals surface area contributed by atoms with Crippen LogP contribution < -0.4 is 10.6 Å². The van der Waals surface area contributed by atoms with Crippen LogP contribution in [0.2, 0.25) is 0 Å². The molecular weight excluding hydrogens is 316 g/mol. The Hall–Kier alpha value is -2.34. The van der Waals surface area contributed by atoms with Crippen molar-refractivity contribution in [2.45, 2.75) is 52.3 Å². The van der Waals surface area contributed by atoms with E-state index in [9.17, 15) is 4.79 Å². The molecule has 0 unspecified atom stereocenters. The zero-order valence-corrected chi connectivity index (χ0v) is 15.1. The Kier molecular flexibility index (Phi) is 5.38. The topological polar surface area (TPSA) is 68.2 Å². The molecular formula is C19H26N4O2. The molecule has 2 amide bonds. The maximum Gasteiger partial charge on any atom is 0.319 e. The summed E-state index contributed by atoms with van der Waals surface area (Å²) < 4.78 is 7.76. The standard InChI is InChI=1S/C19H26N4O2/c1-4-23-14(3)18(13(2)22-23)21-19(24)20-16-10-11-25-17(12-16)15-8-6-5-7-9-15/h5-9,16-17H,4,10-12H2,1-3H3,(H2,20,21,24)/t16-,17-/m0/s1. The van der Waals surface area contributed by atoms with Gasteiger partial charge in [-0.25, -0.2) is 4.79 Å². The van der Waals surface area contributed by atoms with Crippen LogP contribution in [0.5, 0.6) is 0 Å². The van der Waals surface area contributed by atoms with Gasteiger partial charge in [0.15, 0.2) is 0 Å². The van der Waals surface area contributed by atoms with Crippen molar-refractivity contribution in [1.82, 2.24) is 15.1 Å². The second-order valence-corrected chi connectivity index (χ2v) is 6.45. The molecule has 1 fully saturated rings. The molecule has 2 atom stereocenters. The maximum absolute atomic E-state index is 12.4. The van der Waals surface area contributed by atoms with Crippen molar-refractivity contribution in [1.29, 1.82) is 0 Å². The molecule has 1 aliphatic heterocycles. The molecule has 2 N–H and O–H groups in total. The summed E-state index contributed by atoms with van der Waals surface area (Å²) in [6, 6.07) is 10.1. The van der Waals surface area contributed by atoms with Crippen molar-refractivity contribution in [3.8, 4) is 0 Å². The number of rotatable bonds is 4. The Labute approximate surface area is 148 Å². The highest BCUT2D eigenvalue weighted by atomic mass is 16.5. The molecule has 0 radical (unpaired) electrons. The normalized spacial score (nSPS) is 20.3. The number of carbonyl (C=O) groups is 1. The lowest BCUT2D eigenvalue weighted by atomic mass is 9.97. The van der Waals surface area contributed by atoms with Gasteiger partial charge in [-0.2, -0.15) is 5.10 Å². The molecule has 6 nitrogen and oxygen atoms in total. The minimum Gasteiger partial charge on any atom is -0.373 e. The quantitative estimate of drug-likeness (QED) is 0.893. The highest BCUT2D eigenvalue weighted by molar-refractivity contribution is 5.90. The van der Waals surface area contributed by atoms with E-state index in [1.54, 1.807) is 0 Å². The molecule has 25 heavy (non-hydrogen) atoms. The summed E-state index contributed by atoms with van der Waals surface area (Å²) in [5, 5.41) is 10.5. The Bertz CT molecular complexity index is 727. The lowest BCUT2D eigenvalue weighted by molar-refractivity contribution is 0.00253. The van der Waals surface area contributed by atoms with Gasteiger partial charge in [0.2, 0.25) is 0 Å². The molecule has 2 heterocycles. The number of carbonyl (C=O) groups excluding carboxylic acids is 1. The molecule has 0 spiro atoms. The maximum atomic E-state index is 12.4. The van der Waals surface area contributed by atoms with E-state index in [1.165, 1.54) is 0 Å². The largest absolute Gasteiger partial charge is 0.373 e. The van der Waals surface area contributed by atoms with E-state index in [2.05, 4.69) is 27.9 Å². The van der Waals surface area contributed by atoms with Gasteiger partial charge in [-0.1, -0.05) is 30.3 Å². The van der Waals surface area contributed by atoms with Crippen molar-refractivity contribution in [3.05, 3.63) is 47.3 Å². The summed E-state index contributed by atoms with van der Waals surface area (Å²) in [5.74, 6) is 0. The van der Waals surface area contributed by atoms with E-state index in [4.69, 9.17) is 4.74 Å². The first kappa shape index (κ1) is 17.5. The van der Waals surface area contributed by atoms with Gasteiger partial charge in [0.05, 0.1) is 23.2 Å². The van der Waals surface area contributed by atoms with E-state index in [0.29, 0.717) is 6.61 Å². The van der Waals surface area contributed by atoms with Gasteiger partial charge in [0, 0.05) is 19.2 Å². The van der Waals surface area contributed by atoms with E-state index >= 15 is 0 Å². The predicted molar refractivity (Wildman–Crippen MR) is 97.7 cm³/mol. The van der Waals surface area contributed by atoms with E-state index in [1.807, 2.05) is 43.7 Å². The third kappa shape index (κ3) is 4.02. The van der Waals surface area contributed by atoms with Crippen molar-refractivity contribution >= 4 is 11.7 Å². The minimum atomic E-state index is -0.180. The van der Waals surface area contributed by atoms with Crippen molar-refractivity contribution < 1.29 is 9.53 Å². The molecule has 6 heteroatoms. The fraction of sp³-hybridized carbons (Fsp3) is 0.474. The molecule has 134 valence electrons. The number of aryl methyl sites for hydroxylation is 2. The molecule has 0 saturated carbocycles. The number of nitrogens with one attached hydrogen (secondary N) is 2. The van der Waals surface area contributed by atoms with Crippen LogP contribution in [0.3, 0.4) is 0 Å². The molecule has 1 aromatic heterocycles. The molecule has 1 aliphatic rings. The fourth-order valence-electron chi connectivity index (χ4n) is 3.35. The number of ether oxygens (including phenoxy) is 1. The van der Waals surface area contributed by atoms with Crippen LogP contribution in [0.25, 0.3) is 0 Å². The third-order valence-corrected chi connectivity index (χ3v) is 4.71. The van der Waals surface area contributed by atoms with Gasteiger partial charge in [0.25, 0.3) is 0 Å². The molecule has 1 aromatic carbocycles. The Morgan fingerprint density at radius 1 is 1.32 bits per heavy atom. The molecule has 0 aliphatic carbocycles. The Morgan fingerprint density at radius 3 is 2.76 bits per heavy atom. The average molecular weight is 342 g/mol. The highest BCUT2D eigenvalue weighted by Gasteiger charge is 2.25. The highest BCUT2D eigenvalue weighted by Crippen LogP contribution is 2.28. The van der Waals surface area contributed by atoms with Gasteiger partial charge in [0.1, 0.15) is 0 Å². The predicted octanol–water partition coefficient (Wildman–Crippen LogP) is 3.56. The van der Waals surface area contributed by atoms with Crippen LogP contribution in [0.1, 0.15) is 42.8 Å². The number of hydrogen-bond donors (Lipinski definition) is 2. The first-order valence-electron chi connectivity index (χ1n) is 8.86. The average Bonchev–Trinajstić information content (AvgIpc) is 2.90. The van der Waals surface area contributed by atoms with Gasteiger partial charge in [-0.05, 0) is 39.2 Å². The van der Waals surface area contributed by atoms with Crippen LogP contribution in [0.4, 0.5) is 10.5 Å². The second kappa shape index (κ2) is 7.70. The third-order valence-electron chi connectivity index (χ3n) is 4.71. The summed E-state index contributed by atoms with van der Waals surface area (Å²) in [6.07, 6.45) is 1.64. The number of anilines is 1. The van der Waals surface area contributed by atoms with Crippen LogP contribution in [-0.2, 0) is 11.3 Å². The summed E-state index contributed by atoms with van der Waals surface area (Å²) in [7, 11) is 0. The zero-order valence-electron chi connectivity index (χ0n) is 15.1. The first-order valence-corrected chi connectivity index (χ1v) is 8.86. The SMILES string of the molecule is CCn1nc(C)c(NC(=O)N[C@H]2CCO[C@H](c3ccccc3)C2)c1C. The Morgan fingerprint density at radius 2 is 2.08 bits per heavy atom. The van der Waals surface area contributed by atoms with Gasteiger partial charge >= 0.3 is 6.03 Å². The summed E-state index contributed by atoms with van der Waals surface area (Å²) in [5.41, 5.74) is 3.77. The van der Waals surface area contributed by atoms with Crippen molar-refractivity contribution in [3.63, 3.8) is 0 Å². The summed E-state index contributed by atoms with van der Waals surface area (Å²) in [4.78, 5) is 12.4. The molecule has 1 saturated heterocycles. The summed E-state index contributed by atoms with van der Waals surface area (Å²) in [6.45, 7) is 7.35. The van der Waals surface area contributed by atoms with Crippen molar-refractivity contribution in [2.75, 3.05) is 11.9 Å². The number of urea groups is 1. The number of hydrogen-bond acceptors (Lipinski definition) is 3. The Balaban J connectivity index is 1.60. The lowest BCUT2D eigenvalue weighted by Gasteiger charge is -2.30. The van der Waals surface area contributed by atoms with E-state index < -0.39 is 0 Å². The molecule has 3 rings (SSSR count). The lowest BCUT2D eigenvalue weighted by Crippen LogP contribution is -2.42. The smallest absolute Gasteiger partial charge is 0.319 e. The number of benzene rings is 1. The second-order valence-electron chi connectivity index (χ2n) is 6.45. The fourth-order valence-corrected chi connectivity index (χ4v) is 3.35. The van der Waals surface area contributed by atoms with Gasteiger partial charge in [-0.15, -0.1) is 0 Å². The van der Waals surface area contributed by atoms with E-state index in [0.717, 1.165) is 42.0 Å². The molecule has 2 aromatic rings. The van der Waals surface area contributed by atoms with Crippen LogP contribution >= 0.6 is 0 Å². The van der Waals surface area contributed by atoms with Crippen molar-refractivity contribution in [2.24, 2.45) is 0 Å². The summed E-state index contributed by atoms with van der Waals surface area (Å²) >= 11 is 0. The monoisotopic (exact) mass is 342 g/mol. The van der Waals surface area contributed by atoms with E-state index in [-0.39, 0.29) is 18.2 Å². The van der Waals surface area contributed by atoms with Gasteiger partial charge < -0.3 is 15.4 Å². The van der Waals surface area contributed by atoms with Crippen LogP contribution in [0.15, 0.2) is 30.3 Å². The first-order chi connectivity index (χ1) is 12.1. The zero-order chi connectivity index (χ0) is 17.8. The minimum absolute atomic E-state index is 0.0339. The van der Waals surface area contributed by atoms with Gasteiger partial charge in [-0.3, -0.25) is 4.68 Å². The molecule has 0 bridgehead atoms.